The Bertz CT molecular complexity index is 549. The first-order valence-corrected chi connectivity index (χ1v) is 8.86. The lowest BCUT2D eigenvalue weighted by Gasteiger charge is -2.36. The fourth-order valence-corrected chi connectivity index (χ4v) is 3.01. The van der Waals surface area contributed by atoms with Crippen LogP contribution in [0.25, 0.3) is 0 Å². The molecule has 0 amide bonds. The first kappa shape index (κ1) is 20.4. The second-order valence-corrected chi connectivity index (χ2v) is 6.44. The molecular formula is C18H26O8. The predicted octanol–water partition coefficient (Wildman–Crippen LogP) is 2.00. The van der Waals surface area contributed by atoms with Gasteiger partial charge in [0.15, 0.2) is 11.9 Å². The van der Waals surface area contributed by atoms with Gasteiger partial charge < -0.3 is 23.7 Å². The van der Waals surface area contributed by atoms with Crippen molar-refractivity contribution in [2.75, 3.05) is 6.61 Å². The zero-order chi connectivity index (χ0) is 19.1. The minimum atomic E-state index is -0.922. The highest BCUT2D eigenvalue weighted by Crippen LogP contribution is 2.29. The SMILES string of the molecule is CC(=O)OC[C@H]1O[C@H](OC2CCCCC2)C(OC(C)=O)=C[C@@H]1OC(C)=O. The summed E-state index contributed by atoms with van der Waals surface area (Å²) in [5.41, 5.74) is 0. The molecule has 0 unspecified atom stereocenters. The Hall–Kier alpha value is -1.93. The molecular weight excluding hydrogens is 344 g/mol. The minimum Gasteiger partial charge on any atom is -0.463 e. The van der Waals surface area contributed by atoms with Crippen molar-refractivity contribution in [1.29, 1.82) is 0 Å². The number of hydrogen-bond donors (Lipinski definition) is 0. The van der Waals surface area contributed by atoms with Crippen LogP contribution in [0.2, 0.25) is 0 Å². The van der Waals surface area contributed by atoms with Gasteiger partial charge in [-0.2, -0.15) is 0 Å². The van der Waals surface area contributed by atoms with Crippen LogP contribution in [0, 0.1) is 0 Å². The van der Waals surface area contributed by atoms with Gasteiger partial charge in [-0.15, -0.1) is 0 Å². The molecule has 0 aromatic carbocycles. The van der Waals surface area contributed by atoms with Gasteiger partial charge in [-0.05, 0) is 12.8 Å². The van der Waals surface area contributed by atoms with E-state index < -0.39 is 36.4 Å². The summed E-state index contributed by atoms with van der Waals surface area (Å²) >= 11 is 0. The van der Waals surface area contributed by atoms with Crippen LogP contribution in [0.15, 0.2) is 11.8 Å². The number of carbonyl (C=O) groups excluding carboxylic acids is 3. The van der Waals surface area contributed by atoms with Crippen molar-refractivity contribution in [3.05, 3.63) is 11.8 Å². The van der Waals surface area contributed by atoms with Gasteiger partial charge in [0.25, 0.3) is 0 Å². The van der Waals surface area contributed by atoms with E-state index in [1.807, 2.05) is 0 Å². The van der Waals surface area contributed by atoms with Crippen LogP contribution in [-0.2, 0) is 38.1 Å². The van der Waals surface area contributed by atoms with E-state index in [1.54, 1.807) is 0 Å². The largest absolute Gasteiger partial charge is 0.463 e. The first-order valence-electron chi connectivity index (χ1n) is 8.86. The lowest BCUT2D eigenvalue weighted by molar-refractivity contribution is -0.230. The van der Waals surface area contributed by atoms with Gasteiger partial charge in [-0.3, -0.25) is 14.4 Å². The zero-order valence-corrected chi connectivity index (χ0v) is 15.4. The molecule has 0 saturated heterocycles. The van der Waals surface area contributed by atoms with Crippen LogP contribution < -0.4 is 0 Å². The van der Waals surface area contributed by atoms with Crippen molar-refractivity contribution >= 4 is 17.9 Å². The number of rotatable bonds is 6. The third-order valence-electron chi connectivity index (χ3n) is 4.11. The normalized spacial score (nSPS) is 26.6. The van der Waals surface area contributed by atoms with Crippen molar-refractivity contribution in [1.82, 2.24) is 0 Å². The summed E-state index contributed by atoms with van der Waals surface area (Å²) in [5.74, 6) is -1.39. The number of ether oxygens (including phenoxy) is 5. The molecule has 8 nitrogen and oxygen atoms in total. The van der Waals surface area contributed by atoms with E-state index in [0.717, 1.165) is 25.7 Å². The quantitative estimate of drug-likeness (QED) is 0.517. The van der Waals surface area contributed by atoms with E-state index in [4.69, 9.17) is 23.7 Å². The van der Waals surface area contributed by atoms with Gasteiger partial charge in [0, 0.05) is 26.8 Å². The van der Waals surface area contributed by atoms with Gasteiger partial charge in [-0.25, -0.2) is 0 Å². The summed E-state index contributed by atoms with van der Waals surface area (Å²) in [4.78, 5) is 33.9. The molecule has 3 atom stereocenters. The molecule has 1 aliphatic heterocycles. The van der Waals surface area contributed by atoms with Gasteiger partial charge >= 0.3 is 17.9 Å². The summed E-state index contributed by atoms with van der Waals surface area (Å²) in [6, 6.07) is 0. The third-order valence-corrected chi connectivity index (χ3v) is 4.11. The van der Waals surface area contributed by atoms with E-state index in [1.165, 1.54) is 33.3 Å². The molecule has 0 aromatic rings. The average Bonchev–Trinajstić information content (AvgIpc) is 2.55. The van der Waals surface area contributed by atoms with Crippen LogP contribution in [-0.4, -0.2) is 49.1 Å². The third kappa shape index (κ3) is 6.42. The smallest absolute Gasteiger partial charge is 0.307 e. The van der Waals surface area contributed by atoms with Crippen LogP contribution >= 0.6 is 0 Å². The molecule has 2 aliphatic rings. The van der Waals surface area contributed by atoms with Crippen molar-refractivity contribution in [2.24, 2.45) is 0 Å². The Morgan fingerprint density at radius 3 is 2.31 bits per heavy atom. The Morgan fingerprint density at radius 2 is 1.73 bits per heavy atom. The van der Waals surface area contributed by atoms with Crippen LogP contribution in [0.4, 0.5) is 0 Å². The van der Waals surface area contributed by atoms with E-state index in [9.17, 15) is 14.4 Å². The van der Waals surface area contributed by atoms with Crippen molar-refractivity contribution in [3.8, 4) is 0 Å². The topological polar surface area (TPSA) is 97.4 Å². The van der Waals surface area contributed by atoms with Gasteiger partial charge in [0.2, 0.25) is 6.29 Å². The summed E-state index contributed by atoms with van der Waals surface area (Å²) in [7, 11) is 0. The maximum atomic E-state index is 11.4. The number of esters is 3. The van der Waals surface area contributed by atoms with E-state index in [0.29, 0.717) is 0 Å². The Morgan fingerprint density at radius 1 is 1.04 bits per heavy atom. The lowest BCUT2D eigenvalue weighted by Crippen LogP contribution is -2.45. The molecule has 0 bridgehead atoms. The zero-order valence-electron chi connectivity index (χ0n) is 15.4. The molecule has 8 heteroatoms. The molecule has 146 valence electrons. The van der Waals surface area contributed by atoms with Gasteiger partial charge in [0.05, 0.1) is 6.10 Å². The van der Waals surface area contributed by atoms with Crippen LogP contribution in [0.1, 0.15) is 52.9 Å². The predicted molar refractivity (Wildman–Crippen MR) is 88.7 cm³/mol. The van der Waals surface area contributed by atoms with Crippen molar-refractivity contribution in [3.63, 3.8) is 0 Å². The summed E-state index contributed by atoms with van der Waals surface area (Å²) < 4.78 is 27.2. The standard InChI is InChI=1S/C18H26O8/c1-11(19)22-10-17-15(23-12(2)20)9-16(24-13(3)21)18(26-17)25-14-7-5-4-6-8-14/h9,14-15,17-18H,4-8,10H2,1-3H3/t15-,17+,18-/m0/s1. The molecule has 0 spiro atoms. The van der Waals surface area contributed by atoms with E-state index in [2.05, 4.69) is 0 Å². The maximum absolute atomic E-state index is 11.4. The highest BCUT2D eigenvalue weighted by atomic mass is 16.7. The van der Waals surface area contributed by atoms with E-state index >= 15 is 0 Å². The molecule has 1 saturated carbocycles. The number of carbonyl (C=O) groups is 3. The summed E-state index contributed by atoms with van der Waals surface area (Å²) in [6.07, 6.45) is 4.04. The second-order valence-electron chi connectivity index (χ2n) is 6.44. The molecule has 1 heterocycles. The summed E-state index contributed by atoms with van der Waals surface area (Å²) in [5, 5.41) is 0. The maximum Gasteiger partial charge on any atom is 0.307 e. The minimum absolute atomic E-state index is 0.00707. The fourth-order valence-electron chi connectivity index (χ4n) is 3.01. The van der Waals surface area contributed by atoms with Crippen molar-refractivity contribution < 1.29 is 38.1 Å². The molecule has 26 heavy (non-hydrogen) atoms. The van der Waals surface area contributed by atoms with Crippen LogP contribution in [0.3, 0.4) is 0 Å². The lowest BCUT2D eigenvalue weighted by atomic mass is 9.98. The highest BCUT2D eigenvalue weighted by molar-refractivity contribution is 5.68. The first-order chi connectivity index (χ1) is 12.3. The molecule has 0 aromatic heterocycles. The Labute approximate surface area is 152 Å². The van der Waals surface area contributed by atoms with Gasteiger partial charge in [0.1, 0.15) is 12.7 Å². The second kappa shape index (κ2) is 9.68. The number of hydrogen-bond acceptors (Lipinski definition) is 8. The molecule has 1 fully saturated rings. The fraction of sp³-hybridized carbons (Fsp3) is 0.722. The molecule has 0 N–H and O–H groups in total. The average molecular weight is 370 g/mol. The van der Waals surface area contributed by atoms with Crippen LogP contribution in [0.5, 0.6) is 0 Å². The Kier molecular flexibility index (Phi) is 7.59. The molecule has 0 radical (unpaired) electrons. The molecule has 1 aliphatic carbocycles. The summed E-state index contributed by atoms with van der Waals surface area (Å²) in [6.45, 7) is 3.69. The Balaban J connectivity index is 2.17. The van der Waals surface area contributed by atoms with E-state index in [-0.39, 0.29) is 18.5 Å². The monoisotopic (exact) mass is 370 g/mol. The van der Waals surface area contributed by atoms with Gasteiger partial charge in [-0.1, -0.05) is 19.3 Å². The van der Waals surface area contributed by atoms with Crippen molar-refractivity contribution in [2.45, 2.75) is 77.5 Å². The highest BCUT2D eigenvalue weighted by Gasteiger charge is 2.38. The molecule has 2 rings (SSSR count).